The molecule has 0 spiro atoms. The number of aliphatic hydroxyl groups excluding tert-OH is 1. The van der Waals surface area contributed by atoms with Gasteiger partial charge in [-0.15, -0.1) is 0 Å². The molecule has 1 amide bonds. The van der Waals surface area contributed by atoms with Gasteiger partial charge in [0.25, 0.3) is 5.91 Å². The summed E-state index contributed by atoms with van der Waals surface area (Å²) in [7, 11) is 0. The summed E-state index contributed by atoms with van der Waals surface area (Å²) < 4.78 is 13.7. The number of hydrogen-bond donors (Lipinski definition) is 2. The first-order chi connectivity index (χ1) is 9.06. The summed E-state index contributed by atoms with van der Waals surface area (Å²) in [5.41, 5.74) is 0.316. The van der Waals surface area contributed by atoms with Crippen molar-refractivity contribution in [2.45, 2.75) is 31.8 Å². The van der Waals surface area contributed by atoms with Gasteiger partial charge in [-0.2, -0.15) is 0 Å². The number of amides is 1. The molecule has 104 valence electrons. The van der Waals surface area contributed by atoms with Crippen molar-refractivity contribution in [3.8, 4) is 0 Å². The first-order valence-electron chi connectivity index (χ1n) is 6.47. The summed E-state index contributed by atoms with van der Waals surface area (Å²) >= 11 is 3.24. The van der Waals surface area contributed by atoms with Crippen LogP contribution in [0, 0.1) is 11.7 Å². The van der Waals surface area contributed by atoms with E-state index in [1.807, 2.05) is 0 Å². The normalized spacial score (nSPS) is 23.1. The fourth-order valence-electron chi connectivity index (χ4n) is 2.35. The SMILES string of the molecule is O=C(NCC1CCC(O)CC1)c1cc(F)ccc1Br. The van der Waals surface area contributed by atoms with Crippen LogP contribution in [0.5, 0.6) is 0 Å². The van der Waals surface area contributed by atoms with Crippen molar-refractivity contribution in [2.24, 2.45) is 5.92 Å². The molecular formula is C14H17BrFNO2. The van der Waals surface area contributed by atoms with Crippen molar-refractivity contribution < 1.29 is 14.3 Å². The highest BCUT2D eigenvalue weighted by Gasteiger charge is 2.20. The summed E-state index contributed by atoms with van der Waals surface area (Å²) in [6.45, 7) is 0.578. The van der Waals surface area contributed by atoms with E-state index in [0.717, 1.165) is 25.7 Å². The first kappa shape index (κ1) is 14.5. The van der Waals surface area contributed by atoms with E-state index in [1.165, 1.54) is 18.2 Å². The van der Waals surface area contributed by atoms with Crippen LogP contribution >= 0.6 is 15.9 Å². The topological polar surface area (TPSA) is 49.3 Å². The van der Waals surface area contributed by atoms with Gasteiger partial charge in [-0.3, -0.25) is 4.79 Å². The van der Waals surface area contributed by atoms with Gasteiger partial charge in [-0.25, -0.2) is 4.39 Å². The highest BCUT2D eigenvalue weighted by Crippen LogP contribution is 2.24. The van der Waals surface area contributed by atoms with Gasteiger partial charge >= 0.3 is 0 Å². The number of nitrogens with one attached hydrogen (secondary N) is 1. The van der Waals surface area contributed by atoms with Gasteiger partial charge in [0, 0.05) is 11.0 Å². The zero-order valence-corrected chi connectivity index (χ0v) is 12.1. The van der Waals surface area contributed by atoms with Gasteiger partial charge in [0.1, 0.15) is 5.82 Å². The molecule has 1 aromatic carbocycles. The maximum atomic E-state index is 13.1. The van der Waals surface area contributed by atoms with E-state index < -0.39 is 5.82 Å². The molecule has 1 aromatic rings. The second kappa shape index (κ2) is 6.48. The van der Waals surface area contributed by atoms with E-state index in [4.69, 9.17) is 0 Å². The molecule has 0 radical (unpaired) electrons. The van der Waals surface area contributed by atoms with Crippen LogP contribution in [0.15, 0.2) is 22.7 Å². The van der Waals surface area contributed by atoms with Crippen LogP contribution in [0.3, 0.4) is 0 Å². The van der Waals surface area contributed by atoms with E-state index in [2.05, 4.69) is 21.2 Å². The monoisotopic (exact) mass is 329 g/mol. The highest BCUT2D eigenvalue weighted by molar-refractivity contribution is 9.10. The van der Waals surface area contributed by atoms with Crippen molar-refractivity contribution in [1.29, 1.82) is 0 Å². The lowest BCUT2D eigenvalue weighted by atomic mass is 9.87. The number of carbonyl (C=O) groups is 1. The second-order valence-corrected chi connectivity index (χ2v) is 5.86. The molecule has 0 aromatic heterocycles. The molecule has 0 saturated heterocycles. The molecule has 1 aliphatic rings. The van der Waals surface area contributed by atoms with Gasteiger partial charge < -0.3 is 10.4 Å². The molecule has 19 heavy (non-hydrogen) atoms. The van der Waals surface area contributed by atoms with Gasteiger partial charge in [-0.1, -0.05) is 0 Å². The Hall–Kier alpha value is -0.940. The second-order valence-electron chi connectivity index (χ2n) is 5.01. The smallest absolute Gasteiger partial charge is 0.252 e. The van der Waals surface area contributed by atoms with Gasteiger partial charge in [0.15, 0.2) is 0 Å². The minimum Gasteiger partial charge on any atom is -0.393 e. The van der Waals surface area contributed by atoms with Crippen LogP contribution in [0.1, 0.15) is 36.0 Å². The number of carbonyl (C=O) groups excluding carboxylic acids is 1. The largest absolute Gasteiger partial charge is 0.393 e. The highest BCUT2D eigenvalue weighted by atomic mass is 79.9. The predicted molar refractivity (Wildman–Crippen MR) is 74.4 cm³/mol. The molecule has 0 atom stereocenters. The van der Waals surface area contributed by atoms with E-state index in [0.29, 0.717) is 22.5 Å². The van der Waals surface area contributed by atoms with Crippen LogP contribution in [0.25, 0.3) is 0 Å². The average molecular weight is 330 g/mol. The lowest BCUT2D eigenvalue weighted by molar-refractivity contribution is 0.0909. The quantitative estimate of drug-likeness (QED) is 0.895. The van der Waals surface area contributed by atoms with Crippen molar-refractivity contribution in [2.75, 3.05) is 6.54 Å². The zero-order valence-electron chi connectivity index (χ0n) is 10.5. The molecule has 0 unspecified atom stereocenters. The molecule has 2 rings (SSSR count). The van der Waals surface area contributed by atoms with E-state index >= 15 is 0 Å². The average Bonchev–Trinajstić information content (AvgIpc) is 2.40. The zero-order chi connectivity index (χ0) is 13.8. The predicted octanol–water partition coefficient (Wildman–Crippen LogP) is 2.87. The number of benzene rings is 1. The molecule has 1 fully saturated rings. The number of aliphatic hydroxyl groups is 1. The first-order valence-corrected chi connectivity index (χ1v) is 7.27. The molecule has 0 heterocycles. The molecule has 1 saturated carbocycles. The number of halogens is 2. The Morgan fingerprint density at radius 3 is 2.74 bits per heavy atom. The van der Waals surface area contributed by atoms with Crippen molar-refractivity contribution in [3.05, 3.63) is 34.1 Å². The van der Waals surface area contributed by atoms with Gasteiger partial charge in [0.2, 0.25) is 0 Å². The van der Waals surface area contributed by atoms with Gasteiger partial charge in [0.05, 0.1) is 11.7 Å². The maximum absolute atomic E-state index is 13.1. The molecule has 2 N–H and O–H groups in total. The molecule has 5 heteroatoms. The summed E-state index contributed by atoms with van der Waals surface area (Å²) in [5.74, 6) is -0.286. The third-order valence-electron chi connectivity index (χ3n) is 3.54. The maximum Gasteiger partial charge on any atom is 0.252 e. The fourth-order valence-corrected chi connectivity index (χ4v) is 2.78. The minimum atomic E-state index is -0.422. The molecule has 0 aliphatic heterocycles. The molecular weight excluding hydrogens is 313 g/mol. The lowest BCUT2D eigenvalue weighted by Gasteiger charge is -2.25. The molecule has 0 bridgehead atoms. The van der Waals surface area contributed by atoms with Crippen LogP contribution in [0.2, 0.25) is 0 Å². The third-order valence-corrected chi connectivity index (χ3v) is 4.23. The Bertz CT molecular complexity index is 459. The Morgan fingerprint density at radius 1 is 1.37 bits per heavy atom. The summed E-state index contributed by atoms with van der Waals surface area (Å²) in [4.78, 5) is 12.0. The number of hydrogen-bond acceptors (Lipinski definition) is 2. The summed E-state index contributed by atoms with van der Waals surface area (Å²) in [5, 5.41) is 12.2. The van der Waals surface area contributed by atoms with Crippen molar-refractivity contribution in [1.82, 2.24) is 5.32 Å². The van der Waals surface area contributed by atoms with E-state index in [9.17, 15) is 14.3 Å². The van der Waals surface area contributed by atoms with Crippen molar-refractivity contribution in [3.63, 3.8) is 0 Å². The Labute approximate surface area is 120 Å². The Kier molecular flexibility index (Phi) is 4.93. The molecule has 3 nitrogen and oxygen atoms in total. The Morgan fingerprint density at radius 2 is 2.05 bits per heavy atom. The van der Waals surface area contributed by atoms with Crippen LogP contribution < -0.4 is 5.32 Å². The molecule has 1 aliphatic carbocycles. The standard InChI is InChI=1S/C14H17BrFNO2/c15-13-6-3-10(16)7-12(13)14(19)17-8-9-1-4-11(18)5-2-9/h3,6-7,9,11,18H,1-2,4-5,8H2,(H,17,19). The van der Waals surface area contributed by atoms with Gasteiger partial charge in [-0.05, 0) is 65.7 Å². The van der Waals surface area contributed by atoms with Crippen molar-refractivity contribution >= 4 is 21.8 Å². The fraction of sp³-hybridized carbons (Fsp3) is 0.500. The third kappa shape index (κ3) is 4.01. The summed E-state index contributed by atoms with van der Waals surface area (Å²) in [6, 6.07) is 4.06. The van der Waals surface area contributed by atoms with Crippen LogP contribution in [0.4, 0.5) is 4.39 Å². The van der Waals surface area contributed by atoms with E-state index in [-0.39, 0.29) is 12.0 Å². The number of rotatable bonds is 3. The summed E-state index contributed by atoms with van der Waals surface area (Å²) in [6.07, 6.45) is 3.25. The van der Waals surface area contributed by atoms with Crippen LogP contribution in [-0.2, 0) is 0 Å². The minimum absolute atomic E-state index is 0.190. The van der Waals surface area contributed by atoms with E-state index in [1.54, 1.807) is 0 Å². The Balaban J connectivity index is 1.89. The lowest BCUT2D eigenvalue weighted by Crippen LogP contribution is -2.32. The van der Waals surface area contributed by atoms with Crippen LogP contribution in [-0.4, -0.2) is 23.7 Å².